The van der Waals surface area contributed by atoms with Gasteiger partial charge in [-0.05, 0) is 48.8 Å². The summed E-state index contributed by atoms with van der Waals surface area (Å²) >= 11 is 5.15. The van der Waals surface area contributed by atoms with Gasteiger partial charge in [-0.1, -0.05) is 12.1 Å². The van der Waals surface area contributed by atoms with Crippen molar-refractivity contribution in [1.29, 1.82) is 0 Å². The molecule has 3 rings (SSSR count). The first kappa shape index (κ1) is 17.4. The molecular formula is C16H15F3N4OS. The Hall–Kier alpha value is -2.42. The largest absolute Gasteiger partial charge is 0.416 e. The van der Waals surface area contributed by atoms with E-state index in [-0.39, 0.29) is 6.54 Å². The van der Waals surface area contributed by atoms with Crippen LogP contribution in [0.1, 0.15) is 35.8 Å². The average Bonchev–Trinajstić information content (AvgIpc) is 3.33. The van der Waals surface area contributed by atoms with Gasteiger partial charge in [0, 0.05) is 12.1 Å². The Morgan fingerprint density at radius 2 is 2.20 bits per heavy atom. The molecule has 9 heteroatoms. The number of aromatic nitrogens is 3. The molecule has 0 radical (unpaired) electrons. The van der Waals surface area contributed by atoms with Gasteiger partial charge >= 0.3 is 6.18 Å². The molecule has 2 aromatic rings. The predicted octanol–water partition coefficient (Wildman–Crippen LogP) is 3.62. The van der Waals surface area contributed by atoms with Crippen LogP contribution < -0.4 is 5.32 Å². The van der Waals surface area contributed by atoms with Gasteiger partial charge in [0.1, 0.15) is 0 Å². The minimum atomic E-state index is -4.41. The third kappa shape index (κ3) is 4.36. The van der Waals surface area contributed by atoms with E-state index < -0.39 is 17.6 Å². The van der Waals surface area contributed by atoms with Crippen LogP contribution in [0.2, 0.25) is 0 Å². The fourth-order valence-corrected chi connectivity index (χ4v) is 2.69. The number of rotatable bonds is 5. The van der Waals surface area contributed by atoms with Gasteiger partial charge < -0.3 is 5.32 Å². The van der Waals surface area contributed by atoms with Crippen molar-refractivity contribution < 1.29 is 18.0 Å². The zero-order valence-electron chi connectivity index (χ0n) is 13.0. The molecule has 5 nitrogen and oxygen atoms in total. The van der Waals surface area contributed by atoms with Crippen LogP contribution in [-0.4, -0.2) is 20.7 Å². The smallest absolute Gasteiger partial charge is 0.345 e. The number of hydrogen-bond donors (Lipinski definition) is 2. The number of alkyl halides is 3. The SMILES string of the molecule is O=C(C=Cc1cccc(C(F)(F)F)c1)NCc1n[nH]c(=S)n1C1CC1. The van der Waals surface area contributed by atoms with Gasteiger partial charge in [-0.25, -0.2) is 0 Å². The summed E-state index contributed by atoms with van der Waals surface area (Å²) in [4.78, 5) is 11.9. The average molecular weight is 368 g/mol. The Morgan fingerprint density at radius 1 is 1.44 bits per heavy atom. The quantitative estimate of drug-likeness (QED) is 0.626. The van der Waals surface area contributed by atoms with E-state index in [0.717, 1.165) is 25.0 Å². The standard InChI is InChI=1S/C16H15F3N4OS/c17-16(18,19)11-3-1-2-10(8-11)4-7-14(24)20-9-13-21-22-15(25)23(13)12-5-6-12/h1-4,7-8,12H,5-6,9H2,(H,20,24)(H,22,25). The van der Waals surface area contributed by atoms with E-state index in [1.807, 2.05) is 4.57 Å². The zero-order chi connectivity index (χ0) is 18.0. The van der Waals surface area contributed by atoms with Gasteiger partial charge in [-0.2, -0.15) is 18.3 Å². The molecule has 1 aliphatic carbocycles. The first-order valence-corrected chi connectivity index (χ1v) is 8.04. The number of carbonyl (C=O) groups excluding carboxylic acids is 1. The molecule has 0 saturated heterocycles. The first-order chi connectivity index (χ1) is 11.8. The Morgan fingerprint density at radius 3 is 2.88 bits per heavy atom. The van der Waals surface area contributed by atoms with Crippen LogP contribution >= 0.6 is 12.2 Å². The van der Waals surface area contributed by atoms with Crippen LogP contribution in [0.4, 0.5) is 13.2 Å². The van der Waals surface area contributed by atoms with Gasteiger partial charge in [-0.15, -0.1) is 0 Å². The third-order valence-electron chi connectivity index (χ3n) is 3.75. The van der Waals surface area contributed by atoms with Crippen LogP contribution in [0.3, 0.4) is 0 Å². The molecule has 0 aliphatic heterocycles. The highest BCUT2D eigenvalue weighted by Crippen LogP contribution is 2.35. The lowest BCUT2D eigenvalue weighted by atomic mass is 10.1. The van der Waals surface area contributed by atoms with Crippen LogP contribution in [0.15, 0.2) is 30.3 Å². The summed E-state index contributed by atoms with van der Waals surface area (Å²) in [6, 6.07) is 5.10. The Balaban J connectivity index is 1.61. The van der Waals surface area contributed by atoms with Crippen molar-refractivity contribution in [3.8, 4) is 0 Å². The normalized spacial score (nSPS) is 14.8. The lowest BCUT2D eigenvalue weighted by Gasteiger charge is -2.07. The van der Waals surface area contributed by atoms with E-state index in [2.05, 4.69) is 15.5 Å². The van der Waals surface area contributed by atoms with Crippen LogP contribution in [0, 0.1) is 4.77 Å². The van der Waals surface area contributed by atoms with E-state index in [0.29, 0.717) is 22.2 Å². The number of amides is 1. The van der Waals surface area contributed by atoms with Crippen LogP contribution in [-0.2, 0) is 17.5 Å². The number of H-pyrrole nitrogens is 1. The molecule has 1 fully saturated rings. The van der Waals surface area contributed by atoms with E-state index >= 15 is 0 Å². The molecule has 0 bridgehead atoms. The van der Waals surface area contributed by atoms with Crippen LogP contribution in [0.5, 0.6) is 0 Å². The molecule has 1 aromatic heterocycles. The fourth-order valence-electron chi connectivity index (χ4n) is 2.39. The monoisotopic (exact) mass is 368 g/mol. The predicted molar refractivity (Wildman–Crippen MR) is 88.0 cm³/mol. The summed E-state index contributed by atoms with van der Waals surface area (Å²) in [6.45, 7) is 0.190. The molecule has 0 spiro atoms. The number of halogens is 3. The number of nitrogens with zero attached hydrogens (tertiary/aromatic N) is 2. The summed E-state index contributed by atoms with van der Waals surface area (Å²) in [5.41, 5.74) is -0.458. The minimum absolute atomic E-state index is 0.190. The summed E-state index contributed by atoms with van der Waals surface area (Å²) in [5, 5.41) is 9.44. The number of benzene rings is 1. The second kappa shape index (κ2) is 6.83. The van der Waals surface area contributed by atoms with Crippen molar-refractivity contribution in [3.05, 3.63) is 52.1 Å². The summed E-state index contributed by atoms with van der Waals surface area (Å²) in [7, 11) is 0. The van der Waals surface area contributed by atoms with Gasteiger partial charge in [-0.3, -0.25) is 14.5 Å². The molecule has 1 amide bonds. The molecule has 1 saturated carbocycles. The molecule has 1 aliphatic rings. The maximum atomic E-state index is 12.7. The number of carbonyl (C=O) groups is 1. The molecule has 0 unspecified atom stereocenters. The summed E-state index contributed by atoms with van der Waals surface area (Å²) in [5.74, 6) is 0.210. The maximum Gasteiger partial charge on any atom is 0.416 e. The summed E-state index contributed by atoms with van der Waals surface area (Å²) < 4.78 is 40.4. The van der Waals surface area contributed by atoms with E-state index in [4.69, 9.17) is 12.2 Å². The van der Waals surface area contributed by atoms with Crippen molar-refractivity contribution in [2.45, 2.75) is 31.6 Å². The van der Waals surface area contributed by atoms with Crippen molar-refractivity contribution in [2.24, 2.45) is 0 Å². The minimum Gasteiger partial charge on any atom is -0.345 e. The Labute approximate surface area is 146 Å². The Bertz CT molecular complexity index is 865. The Kier molecular flexibility index (Phi) is 4.76. The molecule has 132 valence electrons. The molecular weight excluding hydrogens is 353 g/mol. The molecule has 1 heterocycles. The third-order valence-corrected chi connectivity index (χ3v) is 4.04. The number of hydrogen-bond acceptors (Lipinski definition) is 3. The van der Waals surface area contributed by atoms with E-state index in [1.165, 1.54) is 24.3 Å². The fraction of sp³-hybridized carbons (Fsp3) is 0.312. The highest BCUT2D eigenvalue weighted by atomic mass is 32.1. The summed E-state index contributed by atoms with van der Waals surface area (Å²) in [6.07, 6.45) is 0.180. The van der Waals surface area contributed by atoms with E-state index in [9.17, 15) is 18.0 Å². The molecule has 0 atom stereocenters. The number of nitrogens with one attached hydrogen (secondary N) is 2. The van der Waals surface area contributed by atoms with Gasteiger partial charge in [0.05, 0.1) is 12.1 Å². The van der Waals surface area contributed by atoms with Gasteiger partial charge in [0.15, 0.2) is 10.6 Å². The topological polar surface area (TPSA) is 62.7 Å². The second-order valence-corrected chi connectivity index (χ2v) is 6.11. The van der Waals surface area contributed by atoms with Gasteiger partial charge in [0.25, 0.3) is 0 Å². The molecule has 2 N–H and O–H groups in total. The van der Waals surface area contributed by atoms with Crippen molar-refractivity contribution >= 4 is 24.2 Å². The maximum absolute atomic E-state index is 12.7. The highest BCUT2D eigenvalue weighted by molar-refractivity contribution is 7.71. The lowest BCUT2D eigenvalue weighted by Crippen LogP contribution is -2.22. The van der Waals surface area contributed by atoms with Gasteiger partial charge in [0.2, 0.25) is 5.91 Å². The molecule has 25 heavy (non-hydrogen) atoms. The van der Waals surface area contributed by atoms with Crippen molar-refractivity contribution in [1.82, 2.24) is 20.1 Å². The first-order valence-electron chi connectivity index (χ1n) is 7.63. The highest BCUT2D eigenvalue weighted by Gasteiger charge is 2.30. The van der Waals surface area contributed by atoms with Crippen molar-refractivity contribution in [2.75, 3.05) is 0 Å². The number of aromatic amines is 1. The second-order valence-electron chi connectivity index (χ2n) is 5.72. The van der Waals surface area contributed by atoms with Crippen molar-refractivity contribution in [3.63, 3.8) is 0 Å². The lowest BCUT2D eigenvalue weighted by molar-refractivity contribution is -0.137. The zero-order valence-corrected chi connectivity index (χ0v) is 13.8. The van der Waals surface area contributed by atoms with Crippen LogP contribution in [0.25, 0.3) is 6.08 Å². The van der Waals surface area contributed by atoms with E-state index in [1.54, 1.807) is 0 Å². The molecule has 1 aromatic carbocycles.